The van der Waals surface area contributed by atoms with Crippen molar-refractivity contribution < 1.29 is 14.3 Å². The lowest BCUT2D eigenvalue weighted by atomic mass is 10.2. The number of morpholine rings is 1. The number of ether oxygens (including phenoxy) is 2. The molecule has 0 saturated carbocycles. The number of imidazole rings is 1. The lowest BCUT2D eigenvalue weighted by Crippen LogP contribution is -2.40. The maximum atomic E-state index is 12.8. The van der Waals surface area contributed by atoms with Gasteiger partial charge in [-0.3, -0.25) is 9.36 Å². The summed E-state index contributed by atoms with van der Waals surface area (Å²) in [6.45, 7) is 2.56. The topological polar surface area (TPSA) is 94.4 Å². The zero-order valence-electron chi connectivity index (χ0n) is 16.5. The molecule has 1 fully saturated rings. The number of nitrogens with zero attached hydrogens (tertiary/aromatic N) is 5. The van der Waals surface area contributed by atoms with E-state index in [2.05, 4.69) is 25.2 Å². The Balaban J connectivity index is 1.67. The second-order valence-electron chi connectivity index (χ2n) is 6.77. The molecule has 1 unspecified atom stereocenters. The Bertz CT molecular complexity index is 1060. The molecule has 1 saturated heterocycles. The molecule has 1 aliphatic heterocycles. The summed E-state index contributed by atoms with van der Waals surface area (Å²) in [6.07, 6.45) is 1.83. The molecule has 1 amide bonds. The number of anilines is 1. The lowest BCUT2D eigenvalue weighted by Gasteiger charge is -2.28. The van der Waals surface area contributed by atoms with E-state index in [1.807, 2.05) is 0 Å². The number of rotatable bonds is 5. The zero-order valence-corrected chi connectivity index (χ0v) is 18.7. The third-order valence-electron chi connectivity index (χ3n) is 4.86. The first-order valence-electron chi connectivity index (χ1n) is 9.40. The van der Waals surface area contributed by atoms with Crippen molar-refractivity contribution in [2.75, 3.05) is 38.3 Å². The van der Waals surface area contributed by atoms with E-state index in [1.54, 1.807) is 31.4 Å². The third kappa shape index (κ3) is 4.64. The number of alkyl halides is 3. The first-order valence-corrected chi connectivity index (χ1v) is 10.5. The molecule has 1 N–H and O–H groups in total. The number of aromatic nitrogens is 4. The molecule has 2 aromatic heterocycles. The van der Waals surface area contributed by atoms with Crippen LogP contribution in [-0.4, -0.2) is 62.6 Å². The smallest absolute Gasteiger partial charge is 0.253 e. The van der Waals surface area contributed by atoms with Gasteiger partial charge in [0.15, 0.2) is 23.1 Å². The highest BCUT2D eigenvalue weighted by molar-refractivity contribution is 6.68. The van der Waals surface area contributed by atoms with Crippen LogP contribution >= 0.6 is 34.8 Å². The summed E-state index contributed by atoms with van der Waals surface area (Å²) in [6, 6.07) is 6.59. The van der Waals surface area contributed by atoms with E-state index in [1.165, 1.54) is 17.2 Å². The molecule has 1 atom stereocenters. The molecule has 4 rings (SSSR count). The quantitative estimate of drug-likeness (QED) is 0.555. The van der Waals surface area contributed by atoms with Gasteiger partial charge < -0.3 is 19.7 Å². The van der Waals surface area contributed by atoms with Gasteiger partial charge in [0.2, 0.25) is 3.79 Å². The summed E-state index contributed by atoms with van der Waals surface area (Å²) in [4.78, 5) is 28.0. The highest BCUT2D eigenvalue weighted by atomic mass is 35.6. The SMILES string of the molecule is COc1ccc(C(=O)NC(n2cnc3c(N4CCOCC4)ncnc32)C(Cl)(Cl)Cl)cc1. The van der Waals surface area contributed by atoms with Gasteiger partial charge in [-0.15, -0.1) is 0 Å². The van der Waals surface area contributed by atoms with Crippen molar-refractivity contribution in [1.29, 1.82) is 0 Å². The number of nitrogens with one attached hydrogen (secondary N) is 1. The molecule has 0 aliphatic carbocycles. The van der Waals surface area contributed by atoms with Gasteiger partial charge in [-0.05, 0) is 24.3 Å². The summed E-state index contributed by atoms with van der Waals surface area (Å²) < 4.78 is 10.2. The summed E-state index contributed by atoms with van der Waals surface area (Å²) in [5, 5.41) is 2.76. The summed E-state index contributed by atoms with van der Waals surface area (Å²) in [5.41, 5.74) is 1.36. The van der Waals surface area contributed by atoms with Gasteiger partial charge in [-0.2, -0.15) is 0 Å². The molecule has 12 heteroatoms. The minimum absolute atomic E-state index is 0.383. The fourth-order valence-electron chi connectivity index (χ4n) is 3.29. The molecular weight excluding hydrogens is 467 g/mol. The molecule has 0 spiro atoms. The van der Waals surface area contributed by atoms with Crippen LogP contribution < -0.4 is 15.0 Å². The fraction of sp³-hybridized carbons (Fsp3) is 0.368. The number of hydrogen-bond donors (Lipinski definition) is 1. The first-order chi connectivity index (χ1) is 14.9. The first kappa shape index (κ1) is 21.9. The maximum Gasteiger partial charge on any atom is 0.253 e. The largest absolute Gasteiger partial charge is 0.497 e. The van der Waals surface area contributed by atoms with Crippen LogP contribution in [0.1, 0.15) is 16.5 Å². The molecule has 31 heavy (non-hydrogen) atoms. The number of carbonyl (C=O) groups excluding carboxylic acids is 1. The van der Waals surface area contributed by atoms with Crippen LogP contribution in [0.5, 0.6) is 5.75 Å². The number of carbonyl (C=O) groups is 1. The van der Waals surface area contributed by atoms with E-state index < -0.39 is 15.9 Å². The Labute approximate surface area is 193 Å². The minimum Gasteiger partial charge on any atom is -0.497 e. The molecule has 9 nitrogen and oxygen atoms in total. The Morgan fingerprint density at radius 3 is 2.52 bits per heavy atom. The number of amides is 1. The van der Waals surface area contributed by atoms with Crippen molar-refractivity contribution >= 4 is 57.7 Å². The number of halogens is 3. The van der Waals surface area contributed by atoms with Crippen molar-refractivity contribution in [3.8, 4) is 5.75 Å². The summed E-state index contributed by atoms with van der Waals surface area (Å²) in [7, 11) is 1.55. The second kappa shape index (κ2) is 9.04. The van der Waals surface area contributed by atoms with Gasteiger partial charge in [0.05, 0.1) is 26.7 Å². The van der Waals surface area contributed by atoms with E-state index in [4.69, 9.17) is 44.3 Å². The standard InChI is InChI=1S/C19H19Cl3N6O3/c1-30-13-4-2-12(3-5-13)17(29)26-18(19(20,21)22)28-11-25-14-15(23-10-24-16(14)28)27-6-8-31-9-7-27/h2-5,10-11,18H,6-9H2,1H3,(H,26,29). The normalized spacial score (nSPS) is 15.7. The lowest BCUT2D eigenvalue weighted by molar-refractivity contribution is 0.0921. The second-order valence-corrected chi connectivity index (χ2v) is 9.14. The Hall–Kier alpha value is -2.33. The maximum absolute atomic E-state index is 12.8. The van der Waals surface area contributed by atoms with Crippen LogP contribution in [-0.2, 0) is 4.74 Å². The van der Waals surface area contributed by atoms with Gasteiger partial charge >= 0.3 is 0 Å². The van der Waals surface area contributed by atoms with Crippen LogP contribution in [0.3, 0.4) is 0 Å². The number of fused-ring (bicyclic) bond motifs is 1. The molecule has 0 radical (unpaired) electrons. The number of hydrogen-bond acceptors (Lipinski definition) is 7. The van der Waals surface area contributed by atoms with Gasteiger partial charge in [0.1, 0.15) is 12.1 Å². The molecule has 3 heterocycles. The summed E-state index contributed by atoms with van der Waals surface area (Å²) >= 11 is 18.7. The fourth-order valence-corrected chi connectivity index (χ4v) is 3.77. The molecule has 3 aromatic rings. The average Bonchev–Trinajstić information content (AvgIpc) is 3.21. The van der Waals surface area contributed by atoms with Gasteiger partial charge in [0.25, 0.3) is 5.91 Å². The monoisotopic (exact) mass is 484 g/mol. The average molecular weight is 486 g/mol. The van der Waals surface area contributed by atoms with Crippen LogP contribution in [0.4, 0.5) is 5.82 Å². The van der Waals surface area contributed by atoms with Crippen LogP contribution in [0, 0.1) is 0 Å². The van der Waals surface area contributed by atoms with E-state index in [0.717, 1.165) is 0 Å². The highest BCUT2D eigenvalue weighted by Gasteiger charge is 2.37. The Morgan fingerprint density at radius 1 is 1.16 bits per heavy atom. The highest BCUT2D eigenvalue weighted by Crippen LogP contribution is 2.38. The van der Waals surface area contributed by atoms with Crippen LogP contribution in [0.15, 0.2) is 36.9 Å². The van der Waals surface area contributed by atoms with E-state index in [0.29, 0.717) is 54.6 Å². The molecule has 164 valence electrons. The van der Waals surface area contributed by atoms with E-state index >= 15 is 0 Å². The molecule has 0 bridgehead atoms. The summed E-state index contributed by atoms with van der Waals surface area (Å²) in [5.74, 6) is 0.863. The van der Waals surface area contributed by atoms with Crippen molar-refractivity contribution in [2.24, 2.45) is 0 Å². The van der Waals surface area contributed by atoms with Crippen LogP contribution in [0.2, 0.25) is 0 Å². The Morgan fingerprint density at radius 2 is 1.87 bits per heavy atom. The molecule has 1 aliphatic rings. The Kier molecular flexibility index (Phi) is 6.38. The predicted molar refractivity (Wildman–Crippen MR) is 118 cm³/mol. The van der Waals surface area contributed by atoms with E-state index in [9.17, 15) is 4.79 Å². The van der Waals surface area contributed by atoms with Crippen molar-refractivity contribution in [3.05, 3.63) is 42.5 Å². The molecular formula is C19H19Cl3N6O3. The predicted octanol–water partition coefficient (Wildman–Crippen LogP) is 2.97. The van der Waals surface area contributed by atoms with Crippen LogP contribution in [0.25, 0.3) is 11.2 Å². The van der Waals surface area contributed by atoms with Crippen molar-refractivity contribution in [2.45, 2.75) is 9.96 Å². The van der Waals surface area contributed by atoms with Gasteiger partial charge in [0, 0.05) is 18.7 Å². The van der Waals surface area contributed by atoms with Gasteiger partial charge in [-0.1, -0.05) is 34.8 Å². The van der Waals surface area contributed by atoms with Crippen molar-refractivity contribution in [1.82, 2.24) is 24.8 Å². The van der Waals surface area contributed by atoms with Gasteiger partial charge in [-0.25, -0.2) is 15.0 Å². The minimum atomic E-state index is -1.88. The zero-order chi connectivity index (χ0) is 22.0. The number of methoxy groups -OCH3 is 1. The molecule has 1 aromatic carbocycles. The number of benzene rings is 1. The van der Waals surface area contributed by atoms with E-state index in [-0.39, 0.29) is 0 Å². The third-order valence-corrected chi connectivity index (χ3v) is 5.48. The van der Waals surface area contributed by atoms with Crippen molar-refractivity contribution in [3.63, 3.8) is 0 Å².